The first-order valence-electron chi connectivity index (χ1n) is 16.6. The van der Waals surface area contributed by atoms with E-state index < -0.39 is 0 Å². The molecule has 4 heteroatoms. The van der Waals surface area contributed by atoms with Crippen LogP contribution in [0.25, 0.3) is 61.4 Å². The molecule has 1 aliphatic carbocycles. The highest BCUT2D eigenvalue weighted by Gasteiger charge is 2.25. The van der Waals surface area contributed by atoms with Crippen molar-refractivity contribution in [3.05, 3.63) is 175 Å². The van der Waals surface area contributed by atoms with Gasteiger partial charge in [-0.15, -0.1) is 0 Å². The van der Waals surface area contributed by atoms with Crippen molar-refractivity contribution in [3.63, 3.8) is 0 Å². The average Bonchev–Trinajstić information content (AvgIpc) is 3.18. The van der Waals surface area contributed by atoms with Crippen LogP contribution in [0.3, 0.4) is 0 Å². The number of nitrogens with zero attached hydrogens (tertiary/aromatic N) is 3. The van der Waals surface area contributed by atoms with Gasteiger partial charge < -0.3 is 5.32 Å². The number of hydrogen-bond acceptors (Lipinski definition) is 4. The van der Waals surface area contributed by atoms with E-state index in [9.17, 15) is 0 Å². The molecule has 1 atom stereocenters. The summed E-state index contributed by atoms with van der Waals surface area (Å²) in [6, 6.07) is 49.5. The SMILES string of the molecule is C1=CC(c2nc(-c3ccccc3)nc(-c3cccc4cccc(-c5ccc(C6Nc7ccccc7-c7ccccc76)cc5)c34)n2)=CCC1. The molecule has 0 amide bonds. The number of nitrogens with one attached hydrogen (secondary N) is 1. The molecule has 6 aromatic carbocycles. The molecule has 0 fully saturated rings. The largest absolute Gasteiger partial charge is 0.374 e. The van der Waals surface area contributed by atoms with E-state index in [1.54, 1.807) is 0 Å². The number of rotatable bonds is 5. The summed E-state index contributed by atoms with van der Waals surface area (Å²) in [7, 11) is 0. The maximum Gasteiger partial charge on any atom is 0.164 e. The van der Waals surface area contributed by atoms with Gasteiger partial charge in [0, 0.05) is 33.3 Å². The Balaban J connectivity index is 1.16. The molecule has 1 unspecified atom stereocenters. The van der Waals surface area contributed by atoms with E-state index in [2.05, 4.69) is 145 Å². The van der Waals surface area contributed by atoms with Gasteiger partial charge in [0.2, 0.25) is 0 Å². The molecule has 4 nitrogen and oxygen atoms in total. The van der Waals surface area contributed by atoms with Crippen LogP contribution in [0, 0.1) is 0 Å². The second kappa shape index (κ2) is 11.9. The van der Waals surface area contributed by atoms with Gasteiger partial charge in [0.25, 0.3) is 0 Å². The van der Waals surface area contributed by atoms with Crippen LogP contribution in [0.15, 0.2) is 158 Å². The van der Waals surface area contributed by atoms with Crippen LogP contribution >= 0.6 is 0 Å². The van der Waals surface area contributed by atoms with Crippen LogP contribution in [0.5, 0.6) is 0 Å². The third kappa shape index (κ3) is 4.99. The van der Waals surface area contributed by atoms with E-state index in [0.29, 0.717) is 17.5 Å². The van der Waals surface area contributed by atoms with Gasteiger partial charge in [-0.2, -0.15) is 0 Å². The highest BCUT2D eigenvalue weighted by atomic mass is 15.0. The number of benzene rings is 6. The van der Waals surface area contributed by atoms with E-state index in [-0.39, 0.29) is 6.04 Å². The number of anilines is 1. The van der Waals surface area contributed by atoms with E-state index in [1.165, 1.54) is 22.3 Å². The second-order valence-corrected chi connectivity index (χ2v) is 12.4. The molecule has 2 heterocycles. The normalized spacial score (nSPS) is 14.9. The lowest BCUT2D eigenvalue weighted by molar-refractivity contribution is 0.930. The van der Waals surface area contributed by atoms with Crippen molar-refractivity contribution in [2.24, 2.45) is 0 Å². The van der Waals surface area contributed by atoms with Crippen molar-refractivity contribution >= 4 is 22.0 Å². The van der Waals surface area contributed by atoms with Gasteiger partial charge in [-0.3, -0.25) is 0 Å². The first kappa shape index (κ1) is 28.1. The summed E-state index contributed by atoms with van der Waals surface area (Å²) in [6.45, 7) is 0. The number of para-hydroxylation sites is 1. The molecule has 228 valence electrons. The molecule has 7 aromatic rings. The second-order valence-electron chi connectivity index (χ2n) is 12.4. The Bertz CT molecular complexity index is 2370. The first-order chi connectivity index (χ1) is 23.8. The van der Waals surface area contributed by atoms with Crippen LogP contribution < -0.4 is 5.32 Å². The Labute approximate surface area is 280 Å². The Hall–Kier alpha value is -6.13. The third-order valence-electron chi connectivity index (χ3n) is 9.41. The zero-order chi connectivity index (χ0) is 31.9. The Morgan fingerprint density at radius 1 is 0.500 bits per heavy atom. The van der Waals surface area contributed by atoms with E-state index >= 15 is 0 Å². The van der Waals surface area contributed by atoms with E-state index in [4.69, 9.17) is 15.0 Å². The van der Waals surface area contributed by atoms with Crippen molar-refractivity contribution in [2.45, 2.75) is 18.9 Å². The summed E-state index contributed by atoms with van der Waals surface area (Å²) in [6.07, 6.45) is 8.57. The van der Waals surface area contributed by atoms with Crippen LogP contribution in [-0.2, 0) is 0 Å². The summed E-state index contributed by atoms with van der Waals surface area (Å²) in [5, 5.41) is 6.09. The summed E-state index contributed by atoms with van der Waals surface area (Å²) >= 11 is 0. The monoisotopic (exact) mass is 616 g/mol. The van der Waals surface area contributed by atoms with Crippen LogP contribution in [0.4, 0.5) is 5.69 Å². The lowest BCUT2D eigenvalue weighted by Crippen LogP contribution is -2.17. The lowest BCUT2D eigenvalue weighted by Gasteiger charge is -2.30. The maximum absolute atomic E-state index is 5.10. The Kier molecular flexibility index (Phi) is 6.98. The standard InChI is InChI=1S/C44H32N4/c1-3-13-32(14-4-1)42-46-43(33-15-5-2-6-16-33)48-44(47-42)38-23-12-18-30-17-11-22-34(40(30)38)29-25-27-31(28-26-29)41-37-21-8-7-19-35(37)36-20-9-10-24-39(36)45-41/h1,3-5,7-28,41,45H,2,6H2. The number of aromatic nitrogens is 3. The zero-order valence-electron chi connectivity index (χ0n) is 26.3. The Morgan fingerprint density at radius 3 is 2.00 bits per heavy atom. The minimum atomic E-state index is 0.0661. The fraction of sp³-hybridized carbons (Fsp3) is 0.0682. The predicted molar refractivity (Wildman–Crippen MR) is 197 cm³/mol. The molecule has 48 heavy (non-hydrogen) atoms. The first-order valence-corrected chi connectivity index (χ1v) is 16.6. The zero-order valence-corrected chi connectivity index (χ0v) is 26.3. The molecule has 0 saturated heterocycles. The highest BCUT2D eigenvalue weighted by molar-refractivity contribution is 6.05. The van der Waals surface area contributed by atoms with Crippen molar-refractivity contribution in [1.82, 2.24) is 15.0 Å². The maximum atomic E-state index is 5.10. The summed E-state index contributed by atoms with van der Waals surface area (Å²) in [5.74, 6) is 2.06. The quantitative estimate of drug-likeness (QED) is 0.209. The minimum Gasteiger partial charge on any atom is -0.374 e. The molecular weight excluding hydrogens is 585 g/mol. The molecule has 2 aliphatic rings. The van der Waals surface area contributed by atoms with Gasteiger partial charge in [-0.05, 0) is 52.1 Å². The van der Waals surface area contributed by atoms with E-state index in [1.807, 2.05) is 18.2 Å². The molecule has 0 saturated carbocycles. The average molecular weight is 617 g/mol. The van der Waals surface area contributed by atoms with Crippen LogP contribution in [-0.4, -0.2) is 15.0 Å². The smallest absolute Gasteiger partial charge is 0.164 e. The molecule has 1 N–H and O–H groups in total. The van der Waals surface area contributed by atoms with Gasteiger partial charge >= 0.3 is 0 Å². The fourth-order valence-electron chi connectivity index (χ4n) is 7.08. The van der Waals surface area contributed by atoms with Gasteiger partial charge in [-0.1, -0.05) is 152 Å². The Morgan fingerprint density at radius 2 is 1.19 bits per heavy atom. The van der Waals surface area contributed by atoms with E-state index in [0.717, 1.165) is 57.1 Å². The fourth-order valence-corrected chi connectivity index (χ4v) is 7.08. The predicted octanol–water partition coefficient (Wildman–Crippen LogP) is 10.9. The van der Waals surface area contributed by atoms with Crippen molar-refractivity contribution in [1.29, 1.82) is 0 Å². The summed E-state index contributed by atoms with van der Waals surface area (Å²) < 4.78 is 0. The van der Waals surface area contributed by atoms with Crippen molar-refractivity contribution in [2.75, 3.05) is 5.32 Å². The lowest BCUT2D eigenvalue weighted by atomic mass is 9.86. The molecule has 0 spiro atoms. The molecule has 0 bridgehead atoms. The number of hydrogen-bond donors (Lipinski definition) is 1. The van der Waals surface area contributed by atoms with Gasteiger partial charge in [0.05, 0.1) is 6.04 Å². The van der Waals surface area contributed by atoms with Gasteiger partial charge in [0.15, 0.2) is 17.5 Å². The summed E-state index contributed by atoms with van der Waals surface area (Å²) in [5.41, 5.74) is 11.5. The van der Waals surface area contributed by atoms with Crippen LogP contribution in [0.1, 0.15) is 35.8 Å². The molecular formula is C44H32N4. The molecule has 1 aromatic heterocycles. The molecule has 9 rings (SSSR count). The van der Waals surface area contributed by atoms with Crippen molar-refractivity contribution in [3.8, 4) is 45.0 Å². The summed E-state index contributed by atoms with van der Waals surface area (Å²) in [4.78, 5) is 15.1. The third-order valence-corrected chi connectivity index (χ3v) is 9.41. The molecule has 1 aliphatic heterocycles. The van der Waals surface area contributed by atoms with Gasteiger partial charge in [-0.25, -0.2) is 15.0 Å². The molecule has 0 radical (unpaired) electrons. The minimum absolute atomic E-state index is 0.0661. The highest BCUT2D eigenvalue weighted by Crippen LogP contribution is 2.43. The number of allylic oxidation sites excluding steroid dienone is 4. The van der Waals surface area contributed by atoms with Gasteiger partial charge in [0.1, 0.15) is 0 Å². The van der Waals surface area contributed by atoms with Crippen LogP contribution in [0.2, 0.25) is 0 Å². The van der Waals surface area contributed by atoms with Crippen molar-refractivity contribution < 1.29 is 0 Å². The number of fused-ring (bicyclic) bond motifs is 4. The topological polar surface area (TPSA) is 50.7 Å².